The van der Waals surface area contributed by atoms with Crippen molar-refractivity contribution < 1.29 is 0 Å². The number of aryl methyl sites for hydroxylation is 2. The second-order valence-electron chi connectivity index (χ2n) is 6.18. The summed E-state index contributed by atoms with van der Waals surface area (Å²) >= 11 is 12.0. The molecule has 3 aromatic rings. The van der Waals surface area contributed by atoms with Gasteiger partial charge in [0.05, 0.1) is 16.6 Å². The van der Waals surface area contributed by atoms with Crippen molar-refractivity contribution in [3.63, 3.8) is 0 Å². The number of nitrogens with zero attached hydrogens (tertiary/aromatic N) is 4. The number of benzene rings is 1. The van der Waals surface area contributed by atoms with Gasteiger partial charge in [-0.15, -0.1) is 0 Å². The quantitative estimate of drug-likeness (QED) is 0.600. The van der Waals surface area contributed by atoms with Gasteiger partial charge in [0.1, 0.15) is 0 Å². The Bertz CT molecular complexity index is 1120. The van der Waals surface area contributed by atoms with Gasteiger partial charge in [0.25, 0.3) is 5.56 Å². The van der Waals surface area contributed by atoms with Crippen LogP contribution in [0.5, 0.6) is 0 Å². The van der Waals surface area contributed by atoms with E-state index in [1.807, 2.05) is 7.05 Å². The Morgan fingerprint density at radius 2 is 1.81 bits per heavy atom. The summed E-state index contributed by atoms with van der Waals surface area (Å²) in [6.45, 7) is 1.47. The first-order valence-electron chi connectivity index (χ1n) is 8.33. The van der Waals surface area contributed by atoms with Crippen molar-refractivity contribution >= 4 is 40.3 Å². The van der Waals surface area contributed by atoms with Gasteiger partial charge in [-0.25, -0.2) is 4.79 Å². The Balaban J connectivity index is 2.11. The molecule has 10 heteroatoms. The van der Waals surface area contributed by atoms with E-state index in [-0.39, 0.29) is 6.54 Å². The predicted molar refractivity (Wildman–Crippen MR) is 108 cm³/mol. The van der Waals surface area contributed by atoms with E-state index in [0.717, 1.165) is 6.54 Å². The molecule has 0 spiro atoms. The fourth-order valence-corrected chi connectivity index (χ4v) is 3.18. The topological polar surface area (TPSA) is 85.9 Å². The van der Waals surface area contributed by atoms with E-state index >= 15 is 0 Å². The van der Waals surface area contributed by atoms with Gasteiger partial charge in [0, 0.05) is 27.2 Å². The Kier molecular flexibility index (Phi) is 5.59. The van der Waals surface area contributed by atoms with Crippen molar-refractivity contribution in [1.82, 2.24) is 24.0 Å². The highest BCUT2D eigenvalue weighted by Gasteiger charge is 2.18. The summed E-state index contributed by atoms with van der Waals surface area (Å²) < 4.78 is 4.20. The first-order chi connectivity index (χ1) is 12.8. The van der Waals surface area contributed by atoms with Crippen LogP contribution >= 0.6 is 23.2 Å². The van der Waals surface area contributed by atoms with Gasteiger partial charge < -0.3 is 15.2 Å². The summed E-state index contributed by atoms with van der Waals surface area (Å²) in [5.74, 6) is 0.527. The first-order valence-corrected chi connectivity index (χ1v) is 9.09. The lowest BCUT2D eigenvalue weighted by Gasteiger charge is -2.09. The molecule has 0 amide bonds. The molecule has 0 unspecified atom stereocenters. The van der Waals surface area contributed by atoms with E-state index in [1.165, 1.54) is 9.13 Å². The molecule has 0 fully saturated rings. The second-order valence-corrected chi connectivity index (χ2v) is 6.99. The maximum absolute atomic E-state index is 13.0. The van der Waals surface area contributed by atoms with Crippen molar-refractivity contribution in [3.05, 3.63) is 54.6 Å². The minimum atomic E-state index is -0.446. The van der Waals surface area contributed by atoms with Gasteiger partial charge >= 0.3 is 5.69 Å². The number of nitrogens with one attached hydrogen (secondary N) is 2. The van der Waals surface area contributed by atoms with Gasteiger partial charge in [-0.3, -0.25) is 13.9 Å². The molecule has 0 radical (unpaired) electrons. The van der Waals surface area contributed by atoms with Gasteiger partial charge in [-0.05, 0) is 24.7 Å². The molecule has 0 aliphatic carbocycles. The van der Waals surface area contributed by atoms with Crippen molar-refractivity contribution in [1.29, 1.82) is 0 Å². The average Bonchev–Trinajstić information content (AvgIpc) is 2.97. The number of halogens is 2. The van der Waals surface area contributed by atoms with E-state index in [4.69, 9.17) is 23.2 Å². The fraction of sp³-hybridized carbons (Fsp3) is 0.353. The molecule has 8 nitrogen and oxygen atoms in total. The highest BCUT2D eigenvalue weighted by Crippen LogP contribution is 2.22. The van der Waals surface area contributed by atoms with Crippen LogP contribution in [-0.4, -0.2) is 38.8 Å². The monoisotopic (exact) mass is 410 g/mol. The lowest BCUT2D eigenvalue weighted by molar-refractivity contribution is 0.655. The number of hydrogen-bond donors (Lipinski definition) is 2. The summed E-state index contributed by atoms with van der Waals surface area (Å²) in [5.41, 5.74) is 0.542. The summed E-state index contributed by atoms with van der Waals surface area (Å²) in [6, 6.07) is 5.02. The number of hydrogen-bond acceptors (Lipinski definition) is 5. The lowest BCUT2D eigenvalue weighted by atomic mass is 10.2. The van der Waals surface area contributed by atoms with E-state index in [9.17, 15) is 9.59 Å². The summed E-state index contributed by atoms with van der Waals surface area (Å²) in [5, 5.41) is 6.97. The molecule has 0 atom stereocenters. The Morgan fingerprint density at radius 1 is 1.07 bits per heavy atom. The lowest BCUT2D eigenvalue weighted by Crippen LogP contribution is -2.39. The molecule has 0 saturated heterocycles. The molecule has 2 heterocycles. The van der Waals surface area contributed by atoms with Crippen LogP contribution in [0.3, 0.4) is 0 Å². The van der Waals surface area contributed by atoms with Crippen LogP contribution in [0.15, 0.2) is 27.8 Å². The Labute approximate surface area is 165 Å². The molecule has 2 aromatic heterocycles. The largest absolute Gasteiger partial charge is 0.354 e. The SMILES string of the molecule is CNCCNc1nc2c(c(=O)n(Cc3ccc(Cl)c(Cl)c3)c(=O)n2C)n1C. The third-order valence-electron chi connectivity index (χ3n) is 4.34. The van der Waals surface area contributed by atoms with E-state index in [2.05, 4.69) is 15.6 Å². The maximum Gasteiger partial charge on any atom is 0.332 e. The van der Waals surface area contributed by atoms with Crippen LogP contribution in [0, 0.1) is 0 Å². The first kappa shape index (κ1) is 19.5. The molecule has 0 bridgehead atoms. The number of fused-ring (bicyclic) bond motifs is 1. The van der Waals surface area contributed by atoms with Gasteiger partial charge in [-0.2, -0.15) is 4.98 Å². The Morgan fingerprint density at radius 3 is 2.48 bits per heavy atom. The maximum atomic E-state index is 13.0. The minimum Gasteiger partial charge on any atom is -0.354 e. The van der Waals surface area contributed by atoms with Crippen molar-refractivity contribution in [3.8, 4) is 0 Å². The van der Waals surface area contributed by atoms with Crippen LogP contribution in [0.2, 0.25) is 10.0 Å². The zero-order chi connectivity index (χ0) is 19.7. The molecular formula is C17H20Cl2N6O2. The van der Waals surface area contributed by atoms with E-state index in [1.54, 1.807) is 36.9 Å². The van der Waals surface area contributed by atoms with Gasteiger partial charge in [0.15, 0.2) is 11.2 Å². The van der Waals surface area contributed by atoms with Gasteiger partial charge in [0.2, 0.25) is 5.95 Å². The van der Waals surface area contributed by atoms with Crippen LogP contribution in [-0.2, 0) is 20.6 Å². The van der Waals surface area contributed by atoms with Crippen molar-refractivity contribution in [2.75, 3.05) is 25.5 Å². The van der Waals surface area contributed by atoms with Crippen LogP contribution in [0.1, 0.15) is 5.56 Å². The third-order valence-corrected chi connectivity index (χ3v) is 5.08. The fourth-order valence-electron chi connectivity index (χ4n) is 2.86. The Hall–Kier alpha value is -2.29. The molecule has 0 saturated carbocycles. The van der Waals surface area contributed by atoms with Crippen LogP contribution in [0.25, 0.3) is 11.2 Å². The molecule has 2 N–H and O–H groups in total. The molecular weight excluding hydrogens is 391 g/mol. The highest BCUT2D eigenvalue weighted by atomic mass is 35.5. The zero-order valence-electron chi connectivity index (χ0n) is 15.2. The summed E-state index contributed by atoms with van der Waals surface area (Å²) in [6.07, 6.45) is 0. The van der Waals surface area contributed by atoms with Gasteiger partial charge in [-0.1, -0.05) is 29.3 Å². The molecule has 0 aliphatic rings. The zero-order valence-corrected chi connectivity index (χ0v) is 16.7. The number of likely N-dealkylation sites (N-methyl/N-ethyl adjacent to an activating group) is 1. The number of aromatic nitrogens is 4. The third kappa shape index (κ3) is 3.60. The predicted octanol–water partition coefficient (Wildman–Crippen LogP) is 1.42. The van der Waals surface area contributed by atoms with Crippen LogP contribution in [0.4, 0.5) is 5.95 Å². The van der Waals surface area contributed by atoms with Crippen LogP contribution < -0.4 is 21.9 Å². The number of anilines is 1. The highest BCUT2D eigenvalue weighted by molar-refractivity contribution is 6.42. The second kappa shape index (κ2) is 7.75. The molecule has 0 aliphatic heterocycles. The molecule has 27 heavy (non-hydrogen) atoms. The normalized spacial score (nSPS) is 11.3. The standard InChI is InChI=1S/C17H20Cl2N6O2/c1-20-6-7-21-16-22-14-13(23(16)2)15(26)25(17(27)24(14)3)9-10-4-5-11(18)12(19)8-10/h4-5,8,20H,6-7,9H2,1-3H3,(H,21,22). The van der Waals surface area contributed by atoms with Crippen molar-refractivity contribution in [2.24, 2.45) is 14.1 Å². The molecule has 3 rings (SSSR count). The van der Waals surface area contributed by atoms with E-state index in [0.29, 0.717) is 39.3 Å². The smallest absolute Gasteiger partial charge is 0.332 e. The molecule has 144 valence electrons. The summed E-state index contributed by atoms with van der Waals surface area (Å²) in [4.78, 5) is 30.2. The average molecular weight is 411 g/mol. The number of rotatable bonds is 6. The molecule has 1 aromatic carbocycles. The van der Waals surface area contributed by atoms with E-state index < -0.39 is 11.2 Å². The summed E-state index contributed by atoms with van der Waals surface area (Å²) in [7, 11) is 5.19. The minimum absolute atomic E-state index is 0.0893. The number of imidazole rings is 1. The van der Waals surface area contributed by atoms with Crippen molar-refractivity contribution in [2.45, 2.75) is 6.54 Å².